The van der Waals surface area contributed by atoms with E-state index >= 15 is 0 Å². The highest BCUT2D eigenvalue weighted by molar-refractivity contribution is 7.99. The highest BCUT2D eigenvalue weighted by atomic mass is 32.2. The van der Waals surface area contributed by atoms with Crippen LogP contribution in [0.5, 0.6) is 5.75 Å². The van der Waals surface area contributed by atoms with Gasteiger partial charge in [-0.25, -0.2) is 8.42 Å². The van der Waals surface area contributed by atoms with E-state index in [1.54, 1.807) is 43.5 Å². The van der Waals surface area contributed by atoms with E-state index in [4.69, 9.17) is 4.74 Å². The first-order valence-electron chi connectivity index (χ1n) is 10.5. The first-order valence-corrected chi connectivity index (χ1v) is 13.0. The van der Waals surface area contributed by atoms with Crippen LogP contribution in [0.3, 0.4) is 0 Å². The SMILES string of the molecule is CCSC(c1ccccc1)C(NS(=O)(=O)c1ccc(C#Cc2ccc(OC)cc2)cc1)C(=O)O. The van der Waals surface area contributed by atoms with Crippen molar-refractivity contribution >= 4 is 27.8 Å². The Morgan fingerprint density at radius 3 is 2.03 bits per heavy atom. The lowest BCUT2D eigenvalue weighted by molar-refractivity contribution is -0.139. The van der Waals surface area contributed by atoms with Gasteiger partial charge in [0.15, 0.2) is 0 Å². The summed E-state index contributed by atoms with van der Waals surface area (Å²) in [4.78, 5) is 12.0. The number of hydrogen-bond donors (Lipinski definition) is 2. The Morgan fingerprint density at radius 2 is 1.53 bits per heavy atom. The molecule has 2 unspecified atom stereocenters. The molecule has 176 valence electrons. The molecular formula is C26H25NO5S2. The van der Waals surface area contributed by atoms with Gasteiger partial charge in [-0.3, -0.25) is 4.79 Å². The lowest BCUT2D eigenvalue weighted by Crippen LogP contribution is -2.44. The molecule has 0 saturated carbocycles. The molecule has 2 atom stereocenters. The van der Waals surface area contributed by atoms with Crippen LogP contribution in [0.15, 0.2) is 83.8 Å². The molecule has 0 saturated heterocycles. The number of ether oxygens (including phenoxy) is 1. The number of carboxylic acids is 1. The number of sulfonamides is 1. The number of methoxy groups -OCH3 is 1. The average molecular weight is 496 g/mol. The van der Waals surface area contributed by atoms with Gasteiger partial charge in [-0.05, 0) is 59.8 Å². The molecule has 2 N–H and O–H groups in total. The Hall–Kier alpha value is -3.25. The Bertz CT molecular complexity index is 1260. The minimum absolute atomic E-state index is 0.0259. The fourth-order valence-corrected chi connectivity index (χ4v) is 5.59. The fourth-order valence-electron chi connectivity index (χ4n) is 3.22. The predicted molar refractivity (Wildman–Crippen MR) is 134 cm³/mol. The van der Waals surface area contributed by atoms with Gasteiger partial charge in [-0.1, -0.05) is 49.1 Å². The quantitative estimate of drug-likeness (QED) is 0.430. The molecule has 0 aliphatic carbocycles. The van der Waals surface area contributed by atoms with E-state index < -0.39 is 27.3 Å². The summed E-state index contributed by atoms with van der Waals surface area (Å²) in [6, 6.07) is 21.0. The van der Waals surface area contributed by atoms with Crippen LogP contribution in [0.4, 0.5) is 0 Å². The number of aliphatic carboxylic acids is 1. The van der Waals surface area contributed by atoms with E-state index in [1.165, 1.54) is 23.9 Å². The summed E-state index contributed by atoms with van der Waals surface area (Å²) in [5.41, 5.74) is 2.17. The highest BCUT2D eigenvalue weighted by Gasteiger charge is 2.33. The summed E-state index contributed by atoms with van der Waals surface area (Å²) < 4.78 is 33.5. The van der Waals surface area contributed by atoms with Crippen molar-refractivity contribution in [1.29, 1.82) is 0 Å². The molecule has 0 amide bonds. The standard InChI is InChI=1S/C26H25NO5S2/c1-3-33-25(21-7-5-4-6-8-21)24(26(28)29)27-34(30,31)23-17-13-20(14-18-23)10-9-19-11-15-22(32-2)16-12-19/h4-8,11-18,24-25,27H,3H2,1-2H3,(H,28,29). The topological polar surface area (TPSA) is 92.7 Å². The lowest BCUT2D eigenvalue weighted by atomic mass is 10.1. The van der Waals surface area contributed by atoms with Crippen molar-refractivity contribution in [3.05, 3.63) is 95.6 Å². The molecule has 6 nitrogen and oxygen atoms in total. The molecule has 0 fully saturated rings. The summed E-state index contributed by atoms with van der Waals surface area (Å²) in [5, 5.41) is 9.25. The van der Waals surface area contributed by atoms with Gasteiger partial charge in [-0.15, -0.1) is 0 Å². The summed E-state index contributed by atoms with van der Waals surface area (Å²) in [6.07, 6.45) is 0. The van der Waals surface area contributed by atoms with Crippen LogP contribution < -0.4 is 9.46 Å². The predicted octanol–water partition coefficient (Wildman–Crippen LogP) is 4.32. The largest absolute Gasteiger partial charge is 0.497 e. The Kier molecular flexibility index (Phi) is 8.77. The summed E-state index contributed by atoms with van der Waals surface area (Å²) in [6.45, 7) is 1.90. The van der Waals surface area contributed by atoms with Gasteiger partial charge < -0.3 is 9.84 Å². The van der Waals surface area contributed by atoms with E-state index in [1.807, 2.05) is 37.3 Å². The Morgan fingerprint density at radius 1 is 0.971 bits per heavy atom. The number of nitrogens with one attached hydrogen (secondary N) is 1. The van der Waals surface area contributed by atoms with E-state index in [2.05, 4.69) is 16.6 Å². The van der Waals surface area contributed by atoms with Crippen LogP contribution >= 0.6 is 11.8 Å². The maximum atomic E-state index is 13.0. The second-order valence-corrected chi connectivity index (χ2v) is 10.4. The van der Waals surface area contributed by atoms with Crippen LogP contribution in [-0.4, -0.2) is 38.4 Å². The van der Waals surface area contributed by atoms with Gasteiger partial charge in [0.2, 0.25) is 10.0 Å². The maximum Gasteiger partial charge on any atom is 0.323 e. The number of thioether (sulfide) groups is 1. The van der Waals surface area contributed by atoms with E-state index in [-0.39, 0.29) is 4.90 Å². The van der Waals surface area contributed by atoms with Crippen molar-refractivity contribution < 1.29 is 23.1 Å². The number of hydrogen-bond acceptors (Lipinski definition) is 5. The minimum Gasteiger partial charge on any atom is -0.497 e. The zero-order valence-corrected chi connectivity index (χ0v) is 20.4. The van der Waals surface area contributed by atoms with Crippen molar-refractivity contribution in [1.82, 2.24) is 4.72 Å². The smallest absolute Gasteiger partial charge is 0.323 e. The summed E-state index contributed by atoms with van der Waals surface area (Å²) >= 11 is 1.38. The van der Waals surface area contributed by atoms with E-state index in [0.29, 0.717) is 11.3 Å². The second kappa shape index (κ2) is 11.7. The highest BCUT2D eigenvalue weighted by Crippen LogP contribution is 2.33. The first kappa shape index (κ1) is 25.4. The zero-order valence-electron chi connectivity index (χ0n) is 18.8. The van der Waals surface area contributed by atoms with Crippen LogP contribution in [-0.2, 0) is 14.8 Å². The van der Waals surface area contributed by atoms with Gasteiger partial charge in [-0.2, -0.15) is 16.5 Å². The maximum absolute atomic E-state index is 13.0. The second-order valence-electron chi connectivity index (χ2n) is 7.23. The van der Waals surface area contributed by atoms with Crippen molar-refractivity contribution in [2.75, 3.05) is 12.9 Å². The third-order valence-electron chi connectivity index (χ3n) is 4.93. The third-order valence-corrected chi connectivity index (χ3v) is 7.62. The Labute approximate surface area is 204 Å². The third kappa shape index (κ3) is 6.64. The van der Waals surface area contributed by atoms with E-state index in [0.717, 1.165) is 16.9 Å². The van der Waals surface area contributed by atoms with Crippen molar-refractivity contribution in [2.24, 2.45) is 0 Å². The number of carbonyl (C=O) groups is 1. The Balaban J connectivity index is 1.80. The van der Waals surface area contributed by atoms with Crippen LogP contribution in [0.1, 0.15) is 28.9 Å². The normalized spacial score (nSPS) is 12.8. The molecule has 3 aromatic carbocycles. The fraction of sp³-hybridized carbons (Fsp3) is 0.192. The van der Waals surface area contributed by atoms with Crippen molar-refractivity contribution in [3.63, 3.8) is 0 Å². The van der Waals surface area contributed by atoms with E-state index in [9.17, 15) is 18.3 Å². The summed E-state index contributed by atoms with van der Waals surface area (Å²) in [5.74, 6) is 6.13. The van der Waals surface area contributed by atoms with Crippen molar-refractivity contribution in [2.45, 2.75) is 23.1 Å². The molecule has 8 heteroatoms. The molecule has 0 aromatic heterocycles. The molecular weight excluding hydrogens is 470 g/mol. The van der Waals surface area contributed by atoms with Gasteiger partial charge in [0, 0.05) is 11.1 Å². The van der Waals surface area contributed by atoms with Gasteiger partial charge in [0.05, 0.1) is 17.3 Å². The summed E-state index contributed by atoms with van der Waals surface area (Å²) in [7, 11) is -2.48. The van der Waals surface area contributed by atoms with Crippen LogP contribution in [0.25, 0.3) is 0 Å². The average Bonchev–Trinajstić information content (AvgIpc) is 2.86. The molecule has 3 rings (SSSR count). The first-order chi connectivity index (χ1) is 16.3. The number of rotatable bonds is 9. The monoisotopic (exact) mass is 495 g/mol. The van der Waals surface area contributed by atoms with Crippen LogP contribution in [0, 0.1) is 11.8 Å². The molecule has 34 heavy (non-hydrogen) atoms. The van der Waals surface area contributed by atoms with Gasteiger partial charge >= 0.3 is 5.97 Å². The molecule has 3 aromatic rings. The van der Waals surface area contributed by atoms with Gasteiger partial charge in [0.25, 0.3) is 0 Å². The molecule has 0 aliphatic rings. The van der Waals surface area contributed by atoms with Crippen molar-refractivity contribution in [3.8, 4) is 17.6 Å². The van der Waals surface area contributed by atoms with Crippen LogP contribution in [0.2, 0.25) is 0 Å². The minimum atomic E-state index is -4.07. The molecule has 0 radical (unpaired) electrons. The number of carboxylic acid groups (broad SMARTS) is 1. The molecule has 0 heterocycles. The number of benzene rings is 3. The molecule has 0 spiro atoms. The molecule has 0 aliphatic heterocycles. The zero-order chi connectivity index (χ0) is 24.6. The van der Waals surface area contributed by atoms with Gasteiger partial charge in [0.1, 0.15) is 11.8 Å². The lowest BCUT2D eigenvalue weighted by Gasteiger charge is -2.24. The molecule has 0 bridgehead atoms.